The van der Waals surface area contributed by atoms with Crippen LogP contribution in [0.4, 0.5) is 4.79 Å². The minimum atomic E-state index is -0.0989. The van der Waals surface area contributed by atoms with Gasteiger partial charge in [-0.2, -0.15) is 5.10 Å². The van der Waals surface area contributed by atoms with E-state index in [9.17, 15) is 9.59 Å². The second-order valence-corrected chi connectivity index (χ2v) is 6.63. The highest BCUT2D eigenvalue weighted by molar-refractivity contribution is 5.79. The molecule has 3 heterocycles. The largest absolute Gasteiger partial charge is 0.349 e. The third kappa shape index (κ3) is 4.19. The Bertz CT molecular complexity index is 751. The highest BCUT2D eigenvalue weighted by Crippen LogP contribution is 2.19. The lowest BCUT2D eigenvalue weighted by atomic mass is 9.96. The first kappa shape index (κ1) is 17.9. The minimum absolute atomic E-state index is 0.0193. The van der Waals surface area contributed by atoms with Gasteiger partial charge in [0.15, 0.2) is 5.82 Å². The second kappa shape index (κ2) is 7.99. The number of amides is 3. The predicted octanol–water partition coefficient (Wildman–Crippen LogP) is 1.28. The van der Waals surface area contributed by atoms with Gasteiger partial charge in [-0.15, -0.1) is 0 Å². The number of rotatable bonds is 4. The molecule has 26 heavy (non-hydrogen) atoms. The monoisotopic (exact) mass is 356 g/mol. The third-order valence-electron chi connectivity index (χ3n) is 4.56. The molecule has 0 aromatic carbocycles. The smallest absolute Gasteiger partial charge is 0.317 e. The molecule has 8 heteroatoms. The van der Waals surface area contributed by atoms with Gasteiger partial charge in [-0.25, -0.2) is 14.5 Å². The van der Waals surface area contributed by atoms with Crippen molar-refractivity contribution >= 4 is 11.9 Å². The molecule has 0 atom stereocenters. The molecule has 0 spiro atoms. The topological polar surface area (TPSA) is 83.4 Å². The summed E-state index contributed by atoms with van der Waals surface area (Å²) >= 11 is 0. The van der Waals surface area contributed by atoms with Gasteiger partial charge >= 0.3 is 6.03 Å². The van der Waals surface area contributed by atoms with Gasteiger partial charge in [0.1, 0.15) is 0 Å². The molecule has 1 aliphatic heterocycles. The van der Waals surface area contributed by atoms with Gasteiger partial charge in [0.25, 0.3) is 0 Å². The fourth-order valence-electron chi connectivity index (χ4n) is 3.08. The predicted molar refractivity (Wildman–Crippen MR) is 96.6 cm³/mol. The molecule has 0 aliphatic carbocycles. The lowest BCUT2D eigenvalue weighted by Gasteiger charge is -2.32. The number of urea groups is 1. The number of nitrogens with one attached hydrogen (secondary N) is 1. The maximum atomic E-state index is 12.4. The lowest BCUT2D eigenvalue weighted by molar-refractivity contribution is -0.134. The molecule has 1 saturated heterocycles. The van der Waals surface area contributed by atoms with Crippen LogP contribution in [-0.2, 0) is 11.3 Å². The number of carbonyl (C=O) groups is 2. The zero-order chi connectivity index (χ0) is 18.5. The van der Waals surface area contributed by atoms with Gasteiger partial charge < -0.3 is 15.1 Å². The Balaban J connectivity index is 1.51. The van der Waals surface area contributed by atoms with Crippen LogP contribution in [0.1, 0.15) is 18.4 Å². The van der Waals surface area contributed by atoms with Gasteiger partial charge in [0.05, 0.1) is 0 Å². The van der Waals surface area contributed by atoms with Gasteiger partial charge in [-0.05, 0) is 36.6 Å². The molecule has 8 nitrogen and oxygen atoms in total. The average molecular weight is 356 g/mol. The van der Waals surface area contributed by atoms with Crippen molar-refractivity contribution in [2.75, 3.05) is 27.2 Å². The number of nitrogens with zero attached hydrogens (tertiary/aromatic N) is 5. The maximum absolute atomic E-state index is 12.4. The summed E-state index contributed by atoms with van der Waals surface area (Å²) in [5, 5.41) is 7.10. The number of carbonyl (C=O) groups excluding carboxylic acids is 2. The SMILES string of the molecule is CN(C)C(=O)C1CCN(C(=O)NCc2ccnc(-n3cccn3)c2)CC1. The molecular weight excluding hydrogens is 332 g/mol. The zero-order valence-corrected chi connectivity index (χ0v) is 15.1. The zero-order valence-electron chi connectivity index (χ0n) is 15.1. The van der Waals surface area contributed by atoms with E-state index in [1.165, 1.54) is 0 Å². The highest BCUT2D eigenvalue weighted by Gasteiger charge is 2.28. The molecule has 0 radical (unpaired) electrons. The molecule has 3 amide bonds. The van der Waals surface area contributed by atoms with Crippen LogP contribution in [0.3, 0.4) is 0 Å². The molecule has 1 aliphatic rings. The summed E-state index contributed by atoms with van der Waals surface area (Å²) in [5.74, 6) is 0.878. The van der Waals surface area contributed by atoms with E-state index >= 15 is 0 Å². The molecule has 2 aromatic rings. The third-order valence-corrected chi connectivity index (χ3v) is 4.56. The van der Waals surface area contributed by atoms with Crippen LogP contribution in [0.15, 0.2) is 36.8 Å². The van der Waals surface area contributed by atoms with E-state index in [1.54, 1.807) is 41.0 Å². The lowest BCUT2D eigenvalue weighted by Crippen LogP contribution is -2.46. The summed E-state index contributed by atoms with van der Waals surface area (Å²) < 4.78 is 1.68. The highest BCUT2D eigenvalue weighted by atomic mass is 16.2. The van der Waals surface area contributed by atoms with Gasteiger partial charge in [0.2, 0.25) is 5.91 Å². The molecule has 1 fully saturated rings. The normalized spacial score (nSPS) is 14.9. The second-order valence-electron chi connectivity index (χ2n) is 6.63. The van der Waals surface area contributed by atoms with Crippen molar-refractivity contribution in [3.63, 3.8) is 0 Å². The van der Waals surface area contributed by atoms with E-state index in [-0.39, 0.29) is 17.9 Å². The summed E-state index contributed by atoms with van der Waals surface area (Å²) in [5.41, 5.74) is 0.955. The number of likely N-dealkylation sites (tertiary alicyclic amines) is 1. The molecule has 0 bridgehead atoms. The number of piperidine rings is 1. The molecular formula is C18H24N6O2. The van der Waals surface area contributed by atoms with E-state index in [2.05, 4.69) is 15.4 Å². The summed E-state index contributed by atoms with van der Waals surface area (Å²) in [6.07, 6.45) is 6.65. The van der Waals surface area contributed by atoms with Crippen LogP contribution in [0, 0.1) is 5.92 Å². The number of hydrogen-bond donors (Lipinski definition) is 1. The van der Waals surface area contributed by atoms with Crippen LogP contribution in [-0.4, -0.2) is 63.7 Å². The van der Waals surface area contributed by atoms with Crippen molar-refractivity contribution in [1.29, 1.82) is 0 Å². The number of aromatic nitrogens is 3. The molecule has 1 N–H and O–H groups in total. The minimum Gasteiger partial charge on any atom is -0.349 e. The van der Waals surface area contributed by atoms with Crippen molar-refractivity contribution < 1.29 is 9.59 Å². The van der Waals surface area contributed by atoms with Gasteiger partial charge in [-0.1, -0.05) is 0 Å². The van der Waals surface area contributed by atoms with Gasteiger partial charge in [-0.3, -0.25) is 4.79 Å². The first-order valence-corrected chi connectivity index (χ1v) is 8.73. The van der Waals surface area contributed by atoms with Crippen LogP contribution in [0.2, 0.25) is 0 Å². The number of hydrogen-bond acceptors (Lipinski definition) is 4. The van der Waals surface area contributed by atoms with E-state index in [1.807, 2.05) is 24.4 Å². The summed E-state index contributed by atoms with van der Waals surface area (Å²) in [7, 11) is 3.54. The van der Waals surface area contributed by atoms with Crippen molar-refractivity contribution in [2.45, 2.75) is 19.4 Å². The average Bonchev–Trinajstić information content (AvgIpc) is 3.20. The van der Waals surface area contributed by atoms with E-state index in [0.717, 1.165) is 5.56 Å². The molecule has 2 aromatic heterocycles. The first-order chi connectivity index (χ1) is 12.5. The molecule has 138 valence electrons. The van der Waals surface area contributed by atoms with E-state index in [4.69, 9.17) is 0 Å². The van der Waals surface area contributed by atoms with Crippen LogP contribution < -0.4 is 5.32 Å². The Morgan fingerprint density at radius 3 is 2.69 bits per heavy atom. The van der Waals surface area contributed by atoms with Crippen LogP contribution >= 0.6 is 0 Å². The van der Waals surface area contributed by atoms with Crippen LogP contribution in [0.25, 0.3) is 5.82 Å². The molecule has 3 rings (SSSR count). The van der Waals surface area contributed by atoms with E-state index in [0.29, 0.717) is 38.3 Å². The maximum Gasteiger partial charge on any atom is 0.317 e. The number of pyridine rings is 1. The summed E-state index contributed by atoms with van der Waals surface area (Å²) in [4.78, 5) is 32.1. The Labute approximate surface area is 152 Å². The Morgan fingerprint density at radius 1 is 1.27 bits per heavy atom. The van der Waals surface area contributed by atoms with Crippen LogP contribution in [0.5, 0.6) is 0 Å². The van der Waals surface area contributed by atoms with Gasteiger partial charge in [0, 0.05) is 58.2 Å². The molecule has 0 unspecified atom stereocenters. The fraction of sp³-hybridized carbons (Fsp3) is 0.444. The van der Waals surface area contributed by atoms with Crippen molar-refractivity contribution in [3.8, 4) is 5.82 Å². The standard InChI is InChI=1S/C18H24N6O2/c1-22(2)17(25)15-5-10-23(11-6-15)18(26)20-13-14-4-8-19-16(12-14)24-9-3-7-21-24/h3-4,7-9,12,15H,5-6,10-11,13H2,1-2H3,(H,20,26). The fourth-order valence-corrected chi connectivity index (χ4v) is 3.08. The summed E-state index contributed by atoms with van der Waals surface area (Å²) in [6.45, 7) is 1.63. The Kier molecular flexibility index (Phi) is 5.50. The Hall–Kier alpha value is -2.90. The van der Waals surface area contributed by atoms with Crippen molar-refractivity contribution in [1.82, 2.24) is 29.9 Å². The first-order valence-electron chi connectivity index (χ1n) is 8.73. The van der Waals surface area contributed by atoms with E-state index < -0.39 is 0 Å². The van der Waals surface area contributed by atoms with Crippen molar-refractivity contribution in [3.05, 3.63) is 42.4 Å². The molecule has 0 saturated carbocycles. The van der Waals surface area contributed by atoms with Crippen molar-refractivity contribution in [2.24, 2.45) is 5.92 Å². The quantitative estimate of drug-likeness (QED) is 0.894. The Morgan fingerprint density at radius 2 is 2.04 bits per heavy atom. The summed E-state index contributed by atoms with van der Waals surface area (Å²) in [6, 6.07) is 5.50.